The minimum atomic E-state index is -2.52. The van der Waals surface area contributed by atoms with Crippen molar-refractivity contribution in [1.29, 1.82) is 0 Å². The van der Waals surface area contributed by atoms with E-state index < -0.39 is 12.3 Å². The molecule has 2 aromatic heterocycles. The normalized spacial score (nSPS) is 14.0. The van der Waals surface area contributed by atoms with Crippen molar-refractivity contribution >= 4 is 44.6 Å². The molecule has 6 heteroatoms. The van der Waals surface area contributed by atoms with Crippen LogP contribution < -0.4 is 14.5 Å². The fourth-order valence-electron chi connectivity index (χ4n) is 12.0. The van der Waals surface area contributed by atoms with E-state index in [-0.39, 0.29) is 37.8 Å². The van der Waals surface area contributed by atoms with Crippen LogP contribution in [0.2, 0.25) is 0 Å². The van der Waals surface area contributed by atoms with E-state index in [4.69, 9.17) is 13.8 Å². The number of hydrogen-bond donors (Lipinski definition) is 0. The van der Waals surface area contributed by atoms with E-state index in [9.17, 15) is 0 Å². The van der Waals surface area contributed by atoms with Crippen molar-refractivity contribution < 1.29 is 29.9 Å². The van der Waals surface area contributed by atoms with Crippen molar-refractivity contribution in [2.75, 3.05) is 9.80 Å². The fraction of sp³-hybridized carbons (Fsp3) is 0.0833. The van der Waals surface area contributed by atoms with Gasteiger partial charge in [0.1, 0.15) is 5.82 Å². The molecule has 1 aliphatic heterocycles. The van der Waals surface area contributed by atoms with Gasteiger partial charge in [-0.15, -0.1) is 47.6 Å². The van der Waals surface area contributed by atoms with Gasteiger partial charge in [-0.3, -0.25) is 0 Å². The molecule has 0 saturated heterocycles. The number of nitrogens with zero attached hydrogens (tertiary/aromatic N) is 4. The second kappa shape index (κ2) is 19.4. The van der Waals surface area contributed by atoms with E-state index in [1.165, 1.54) is 27.8 Å². The summed E-state index contributed by atoms with van der Waals surface area (Å²) in [5.41, 5.74) is 17.0. The third-order valence-electron chi connectivity index (χ3n) is 15.5. The average molecular weight is 1190 g/mol. The Morgan fingerprint density at radius 3 is 1.78 bits per heavy atom. The Hall–Kier alpha value is -8.76. The molecule has 12 aromatic rings. The maximum Gasteiger partial charge on any atom is 0.135 e. The van der Waals surface area contributed by atoms with Gasteiger partial charge >= 0.3 is 0 Å². The first-order chi connectivity index (χ1) is 38.9. The van der Waals surface area contributed by atoms with E-state index in [0.717, 1.165) is 78.1 Å². The smallest absolute Gasteiger partial charge is 0.135 e. The summed E-state index contributed by atoms with van der Waals surface area (Å²) >= 11 is 0. The summed E-state index contributed by atoms with van der Waals surface area (Å²) in [5.74, 6) is 1.19. The van der Waals surface area contributed by atoms with Gasteiger partial charge < -0.3 is 19.1 Å². The molecule has 5 nitrogen and oxygen atoms in total. The maximum atomic E-state index is 8.76. The molecule has 0 radical (unpaired) electrons. The second-order valence-corrected chi connectivity index (χ2v) is 21.0. The molecule has 1 aliphatic carbocycles. The molecule has 0 unspecified atom stereocenters. The molecule has 0 atom stereocenters. The van der Waals surface area contributed by atoms with Crippen molar-refractivity contribution in [2.24, 2.45) is 0 Å². The molecule has 14 rings (SSSR count). The molecule has 0 saturated carbocycles. The molecule has 0 amide bonds. The first-order valence-corrected chi connectivity index (χ1v) is 26.2. The molecule has 0 spiro atoms. The molecule has 0 N–H and O–H groups in total. The molecular weight excluding hydrogens is 1130 g/mol. The fourth-order valence-corrected chi connectivity index (χ4v) is 12.0. The zero-order valence-electron chi connectivity index (χ0n) is 46.2. The first kappa shape index (κ1) is 45.4. The van der Waals surface area contributed by atoms with Gasteiger partial charge in [0.25, 0.3) is 0 Å². The van der Waals surface area contributed by atoms with Crippen LogP contribution in [0.1, 0.15) is 58.3 Å². The van der Waals surface area contributed by atoms with Gasteiger partial charge in [0.05, 0.1) is 5.41 Å². The quantitative estimate of drug-likeness (QED) is 0.135. The molecule has 3 heterocycles. The molecule has 2 aliphatic rings. The molecular formula is C72H53N4OPt-3. The average Bonchev–Trinajstić information content (AvgIpc) is 2.57. The van der Waals surface area contributed by atoms with E-state index in [0.29, 0.717) is 11.4 Å². The van der Waals surface area contributed by atoms with Crippen molar-refractivity contribution in [3.8, 4) is 50.7 Å². The Bertz CT molecular complexity index is 4250. The number of benzene rings is 10. The number of fused-ring (bicyclic) bond motifs is 7. The summed E-state index contributed by atoms with van der Waals surface area (Å²) in [6.45, 7) is 6.16. The van der Waals surface area contributed by atoms with Gasteiger partial charge in [0.15, 0.2) is 0 Å². The van der Waals surface area contributed by atoms with Gasteiger partial charge in [-0.1, -0.05) is 203 Å². The zero-order chi connectivity index (χ0) is 54.3. The van der Waals surface area contributed by atoms with E-state index in [1.807, 2.05) is 42.6 Å². The minimum absolute atomic E-state index is 0. The van der Waals surface area contributed by atoms with Crippen LogP contribution in [0.15, 0.2) is 243 Å². The zero-order valence-corrected chi connectivity index (χ0v) is 45.5. The van der Waals surface area contributed by atoms with Crippen LogP contribution in [0.3, 0.4) is 0 Å². The SMILES string of the molecule is [2H]C([2H])([2H])c1ccc(N2[CH-]N(c3c(-c4ccccc4)cc(C4(c5ccccc5)c5ccccc5-c5ccccc54)cc3-c3ccccc3)c3ccccc32)[c-]c1Oc1[c-]c2c(cc1)c1ccccc1n2-c1cc(C(C)(C)C)ccn1.[Pt]. The summed E-state index contributed by atoms with van der Waals surface area (Å²) in [5, 5.41) is 2.02. The van der Waals surface area contributed by atoms with Crippen LogP contribution in [0.4, 0.5) is 22.7 Å². The Morgan fingerprint density at radius 2 is 1.13 bits per heavy atom. The maximum absolute atomic E-state index is 8.76. The van der Waals surface area contributed by atoms with Crippen molar-refractivity contribution in [2.45, 2.75) is 38.5 Å². The van der Waals surface area contributed by atoms with E-state index in [1.54, 1.807) is 6.07 Å². The number of aryl methyl sites for hydroxylation is 1. The van der Waals surface area contributed by atoms with Crippen LogP contribution in [0, 0.1) is 25.7 Å². The first-order valence-electron chi connectivity index (χ1n) is 27.7. The third kappa shape index (κ3) is 7.90. The van der Waals surface area contributed by atoms with Crippen molar-refractivity contribution in [3.63, 3.8) is 0 Å². The van der Waals surface area contributed by atoms with Gasteiger partial charge in [-0.2, -0.15) is 12.1 Å². The largest absolute Gasteiger partial charge is 0.509 e. The molecule has 380 valence electrons. The van der Waals surface area contributed by atoms with Crippen molar-refractivity contribution in [3.05, 3.63) is 295 Å². The Balaban J connectivity index is 0.00000618. The number of ether oxygens (including phenoxy) is 1. The molecule has 78 heavy (non-hydrogen) atoms. The van der Waals surface area contributed by atoms with Crippen LogP contribution >= 0.6 is 0 Å². The van der Waals surface area contributed by atoms with Gasteiger partial charge in [0, 0.05) is 76.6 Å². The van der Waals surface area contributed by atoms with E-state index >= 15 is 0 Å². The molecule has 0 bridgehead atoms. The van der Waals surface area contributed by atoms with Crippen LogP contribution in [0.5, 0.6) is 11.5 Å². The number of anilines is 4. The summed E-state index contributed by atoms with van der Waals surface area (Å²) in [6.07, 6.45) is 1.85. The summed E-state index contributed by atoms with van der Waals surface area (Å²) in [4.78, 5) is 9.23. The Kier molecular flexibility index (Phi) is 11.3. The van der Waals surface area contributed by atoms with Gasteiger partial charge in [0.2, 0.25) is 0 Å². The molecule has 10 aromatic carbocycles. The number of para-hydroxylation sites is 3. The van der Waals surface area contributed by atoms with E-state index in [2.05, 4.69) is 248 Å². The van der Waals surface area contributed by atoms with Crippen LogP contribution in [0.25, 0.3) is 61.0 Å². The predicted octanol–water partition coefficient (Wildman–Crippen LogP) is 18.3. The number of hydrogen-bond acceptors (Lipinski definition) is 4. The summed E-state index contributed by atoms with van der Waals surface area (Å²) < 4.78 is 35.2. The second-order valence-electron chi connectivity index (χ2n) is 21.0. The predicted molar refractivity (Wildman–Crippen MR) is 316 cm³/mol. The minimum Gasteiger partial charge on any atom is -0.509 e. The van der Waals surface area contributed by atoms with Crippen molar-refractivity contribution in [1.82, 2.24) is 9.55 Å². The third-order valence-corrected chi connectivity index (χ3v) is 15.5. The summed E-state index contributed by atoms with van der Waals surface area (Å²) in [7, 11) is 0. The monoisotopic (exact) mass is 1190 g/mol. The Labute approximate surface area is 475 Å². The van der Waals surface area contributed by atoms with Gasteiger partial charge in [-0.05, 0) is 103 Å². The Morgan fingerprint density at radius 1 is 0.538 bits per heavy atom. The van der Waals surface area contributed by atoms with Crippen LogP contribution in [-0.2, 0) is 31.9 Å². The topological polar surface area (TPSA) is 33.5 Å². The summed E-state index contributed by atoms with van der Waals surface area (Å²) in [6, 6.07) is 90.0. The number of rotatable bonds is 9. The number of pyridine rings is 1. The molecule has 0 fully saturated rings. The number of aromatic nitrogens is 2. The van der Waals surface area contributed by atoms with Gasteiger partial charge in [-0.25, -0.2) is 4.98 Å². The van der Waals surface area contributed by atoms with Crippen LogP contribution in [-0.4, -0.2) is 9.55 Å². The standard InChI is InChI=1S/C72H53N4O.Pt/c1-48-36-37-54(45-68(48)77-55-38-39-59-58-30-16-19-33-64(58)76(67(59)46-55)69-44-52(40-41-73-69)71(2,3)4)74-47-75(66-35-21-20-34-65(66)74)70-60(49-22-8-5-9-23-49)42-53(43-61(70)50-24-10-6-11-25-50)72(51-26-12-7-13-27-51)62-31-17-14-28-56(62)57-29-15-18-32-63(57)72;/h5-44,47H,1-4H3;/q-3;/i1D3;.